The molecule has 84 valence electrons. The van der Waals surface area contributed by atoms with Crippen molar-refractivity contribution in [3.05, 3.63) is 0 Å². The number of rotatable bonds is 1. The average molecular weight is 304 g/mol. The summed E-state index contributed by atoms with van der Waals surface area (Å²) in [5.74, 6) is 0. The van der Waals surface area contributed by atoms with Gasteiger partial charge in [0.1, 0.15) is 18.9 Å². The molecular formula is C4H7Cl3O5PS+. The van der Waals surface area contributed by atoms with Crippen LogP contribution < -0.4 is 0 Å². The van der Waals surface area contributed by atoms with Crippen molar-refractivity contribution in [1.82, 2.24) is 0 Å². The normalized spacial score (nSPS) is 10.9. The van der Waals surface area contributed by atoms with Crippen molar-refractivity contribution >= 4 is 60.4 Å². The number of carbonyl (C=O) groups is 1. The minimum Gasteiger partial charge on any atom is -0.438 e. The Kier molecular flexibility index (Phi) is 10.7. The maximum Gasteiger partial charge on any atom is 0.579 e. The van der Waals surface area contributed by atoms with Crippen molar-refractivity contribution in [2.24, 2.45) is 0 Å². The molecule has 1 unspecified atom stereocenters. The summed E-state index contributed by atoms with van der Waals surface area (Å²) in [5, 5.41) is 0. The molecule has 0 fully saturated rings. The average Bonchev–Trinajstić information content (AvgIpc) is 1.97. The molecule has 0 aromatic rings. The van der Waals surface area contributed by atoms with Crippen LogP contribution in [0, 0.1) is 0 Å². The van der Waals surface area contributed by atoms with Gasteiger partial charge in [0.2, 0.25) is 3.79 Å². The molecule has 0 heterocycles. The predicted octanol–water partition coefficient (Wildman–Crippen LogP) is 2.71. The highest BCUT2D eigenvalue weighted by Crippen LogP contribution is 2.25. The number of hydrogen-bond acceptors (Lipinski definition) is 4. The van der Waals surface area contributed by atoms with Crippen LogP contribution in [-0.4, -0.2) is 28.6 Å². The van der Waals surface area contributed by atoms with Gasteiger partial charge in [-0.2, -0.15) is 4.89 Å². The Balaban J connectivity index is 0. The standard InChI is InChI=1S/C4H5Cl3O3.HO2PS/c1-9-3(8)10-2-4(5,6)7;1-3(2)4/h2H2,1H3;(H-,1,2,4)/p+1. The first-order valence-corrected chi connectivity index (χ1v) is 6.31. The Morgan fingerprint density at radius 2 is 1.93 bits per heavy atom. The van der Waals surface area contributed by atoms with Crippen LogP contribution in [0.3, 0.4) is 0 Å². The second-order valence-electron chi connectivity index (χ2n) is 1.61. The van der Waals surface area contributed by atoms with E-state index in [-0.39, 0.29) is 6.61 Å². The summed E-state index contributed by atoms with van der Waals surface area (Å²) in [6, 6.07) is 0. The van der Waals surface area contributed by atoms with Gasteiger partial charge in [-0.15, -0.1) is 0 Å². The second-order valence-corrected chi connectivity index (χ2v) is 5.66. The second kappa shape index (κ2) is 8.83. The fraction of sp³-hybridized carbons (Fsp3) is 0.750. The Bertz CT molecular complexity index is 192. The van der Waals surface area contributed by atoms with E-state index in [9.17, 15) is 4.79 Å². The topological polar surface area (TPSA) is 72.8 Å². The summed E-state index contributed by atoms with van der Waals surface area (Å²) in [4.78, 5) is 17.7. The Morgan fingerprint density at radius 3 is 2.14 bits per heavy atom. The van der Waals surface area contributed by atoms with Gasteiger partial charge in [0.15, 0.2) is 0 Å². The highest BCUT2D eigenvalue weighted by molar-refractivity contribution is 8.38. The van der Waals surface area contributed by atoms with Crippen molar-refractivity contribution in [3.63, 3.8) is 0 Å². The van der Waals surface area contributed by atoms with Gasteiger partial charge >= 0.3 is 13.4 Å². The van der Waals surface area contributed by atoms with Crippen molar-refractivity contribution in [3.8, 4) is 0 Å². The van der Waals surface area contributed by atoms with E-state index in [2.05, 4.69) is 21.7 Å². The summed E-state index contributed by atoms with van der Waals surface area (Å²) < 4.78 is 15.8. The highest BCUT2D eigenvalue weighted by atomic mass is 35.6. The lowest BCUT2D eigenvalue weighted by molar-refractivity contribution is 0.0743. The fourth-order valence-electron chi connectivity index (χ4n) is 0.200. The molecule has 0 aliphatic carbocycles. The zero-order valence-corrected chi connectivity index (χ0v) is 10.9. The zero-order valence-electron chi connectivity index (χ0n) is 6.82. The molecule has 0 bridgehead atoms. The van der Waals surface area contributed by atoms with E-state index < -0.39 is 17.2 Å². The molecule has 5 nitrogen and oxygen atoms in total. The van der Waals surface area contributed by atoms with E-state index in [1.807, 2.05) is 0 Å². The van der Waals surface area contributed by atoms with Crippen LogP contribution in [-0.2, 0) is 14.0 Å². The smallest absolute Gasteiger partial charge is 0.438 e. The number of alkyl halides is 3. The summed E-state index contributed by atoms with van der Waals surface area (Å²) in [7, 11) is -1.01. The predicted molar refractivity (Wildman–Crippen MR) is 57.5 cm³/mol. The van der Waals surface area contributed by atoms with Gasteiger partial charge in [0.25, 0.3) is 0 Å². The van der Waals surface area contributed by atoms with E-state index in [1.54, 1.807) is 0 Å². The van der Waals surface area contributed by atoms with Gasteiger partial charge in [-0.3, -0.25) is 0 Å². The summed E-state index contributed by atoms with van der Waals surface area (Å²) >= 11 is 18.7. The first-order valence-electron chi connectivity index (χ1n) is 2.81. The molecule has 1 N–H and O–H groups in total. The molecule has 0 saturated heterocycles. The van der Waals surface area contributed by atoms with Gasteiger partial charge in [0, 0.05) is 0 Å². The molecule has 0 aromatic heterocycles. The molecular weight excluding hydrogens is 297 g/mol. The molecule has 0 radical (unpaired) electrons. The van der Waals surface area contributed by atoms with Crippen LogP contribution in [0.15, 0.2) is 0 Å². The SMILES string of the molecule is COC(=O)OCC(Cl)(Cl)Cl.O=[P+](O)S. The Labute approximate surface area is 102 Å². The van der Waals surface area contributed by atoms with Gasteiger partial charge in [-0.1, -0.05) is 34.8 Å². The van der Waals surface area contributed by atoms with Crippen LogP contribution in [0.4, 0.5) is 4.79 Å². The molecule has 0 aromatic carbocycles. The minimum atomic E-state index is -2.18. The lowest BCUT2D eigenvalue weighted by Crippen LogP contribution is -2.16. The monoisotopic (exact) mass is 303 g/mol. The van der Waals surface area contributed by atoms with E-state index in [1.165, 1.54) is 7.11 Å². The number of hydrogen-bond donors (Lipinski definition) is 2. The van der Waals surface area contributed by atoms with Crippen molar-refractivity contribution in [2.45, 2.75) is 3.79 Å². The molecule has 0 rings (SSSR count). The molecule has 1 atom stereocenters. The molecule has 0 spiro atoms. The van der Waals surface area contributed by atoms with Crippen LogP contribution in [0.2, 0.25) is 0 Å². The maximum atomic E-state index is 10.2. The molecule has 10 heteroatoms. The Hall–Kier alpha value is 0.550. The number of halogens is 3. The third-order valence-electron chi connectivity index (χ3n) is 0.520. The number of thiol groups is 1. The van der Waals surface area contributed by atoms with Gasteiger partial charge in [-0.25, -0.2) is 4.79 Å². The Morgan fingerprint density at radius 1 is 1.57 bits per heavy atom. The lowest BCUT2D eigenvalue weighted by atomic mass is 10.8. The minimum absolute atomic E-state index is 0.315. The zero-order chi connectivity index (χ0) is 11.8. The van der Waals surface area contributed by atoms with Gasteiger partial charge in [0.05, 0.1) is 7.11 Å². The highest BCUT2D eigenvalue weighted by Gasteiger charge is 2.22. The number of ether oxygens (including phenoxy) is 2. The van der Waals surface area contributed by atoms with Crippen molar-refractivity contribution in [2.75, 3.05) is 13.7 Å². The number of methoxy groups -OCH3 is 1. The van der Waals surface area contributed by atoms with Crippen LogP contribution in [0.25, 0.3) is 0 Å². The quantitative estimate of drug-likeness (QED) is 0.337. The lowest BCUT2D eigenvalue weighted by Gasteiger charge is -2.09. The van der Waals surface area contributed by atoms with Crippen LogP contribution in [0.5, 0.6) is 0 Å². The fourth-order valence-corrected chi connectivity index (χ4v) is 0.363. The van der Waals surface area contributed by atoms with Gasteiger partial charge in [-0.05, 0) is 4.57 Å². The molecule has 14 heavy (non-hydrogen) atoms. The van der Waals surface area contributed by atoms with E-state index in [4.69, 9.17) is 44.3 Å². The summed E-state index contributed by atoms with van der Waals surface area (Å²) in [5.41, 5.74) is 0. The largest absolute Gasteiger partial charge is 0.579 e. The number of carbonyl (C=O) groups excluding carboxylic acids is 1. The first-order chi connectivity index (χ1) is 6.19. The third kappa shape index (κ3) is 22.9. The first kappa shape index (κ1) is 17.0. The van der Waals surface area contributed by atoms with Crippen LogP contribution in [0.1, 0.15) is 0 Å². The molecule has 0 amide bonds. The molecule has 0 aliphatic rings. The van der Waals surface area contributed by atoms with Crippen molar-refractivity contribution in [1.29, 1.82) is 0 Å². The maximum absolute atomic E-state index is 10.2. The van der Waals surface area contributed by atoms with E-state index >= 15 is 0 Å². The van der Waals surface area contributed by atoms with E-state index in [0.29, 0.717) is 0 Å². The molecule has 0 aliphatic heterocycles. The molecule has 0 saturated carbocycles. The third-order valence-corrected chi connectivity index (χ3v) is 0.848. The summed E-state index contributed by atoms with van der Waals surface area (Å²) in [6.45, 7) is -0.315. The van der Waals surface area contributed by atoms with Crippen LogP contribution >= 0.6 is 54.3 Å². The van der Waals surface area contributed by atoms with Crippen molar-refractivity contribution < 1.29 is 23.7 Å². The summed E-state index contributed by atoms with van der Waals surface area (Å²) in [6.07, 6.45) is -0.869. The van der Waals surface area contributed by atoms with Gasteiger partial charge < -0.3 is 9.47 Å². The van der Waals surface area contributed by atoms with E-state index in [0.717, 1.165) is 0 Å².